The molecule has 1 saturated carbocycles. The minimum atomic E-state index is 0.296. The molecule has 0 aliphatic heterocycles. The molecule has 0 radical (unpaired) electrons. The molecule has 0 saturated heterocycles. The van der Waals surface area contributed by atoms with Crippen LogP contribution in [-0.2, 0) is 4.79 Å². The zero-order chi connectivity index (χ0) is 12.8. The van der Waals surface area contributed by atoms with Crippen molar-refractivity contribution in [3.8, 4) is 0 Å². The summed E-state index contributed by atoms with van der Waals surface area (Å²) in [5.74, 6) is 1.09. The number of carbonyl (C=O) groups excluding carboxylic acids is 1. The predicted molar refractivity (Wildman–Crippen MR) is 77.4 cm³/mol. The van der Waals surface area contributed by atoms with Crippen LogP contribution in [0.2, 0.25) is 4.82 Å². The molecular formula is C16H20OSe. The fraction of sp³-hybridized carbons (Fsp3) is 0.438. The van der Waals surface area contributed by atoms with Crippen molar-refractivity contribution in [1.29, 1.82) is 0 Å². The quantitative estimate of drug-likeness (QED) is 0.603. The Hall–Kier alpha value is -0.851. The second kappa shape index (κ2) is 6.92. The Labute approximate surface area is 116 Å². The maximum atomic E-state index is 12.2. The maximum absolute atomic E-state index is 12.2. The summed E-state index contributed by atoms with van der Waals surface area (Å²) in [4.78, 5) is 12.5. The minimum absolute atomic E-state index is 0.296. The van der Waals surface area contributed by atoms with Gasteiger partial charge in [0.2, 0.25) is 0 Å². The number of allylic oxidation sites excluding steroid dienone is 1. The van der Waals surface area contributed by atoms with Crippen LogP contribution in [0, 0.1) is 5.92 Å². The van der Waals surface area contributed by atoms with E-state index in [2.05, 4.69) is 30.8 Å². The van der Waals surface area contributed by atoms with Crippen molar-refractivity contribution in [2.24, 2.45) is 5.92 Å². The number of hydrogen-bond donors (Lipinski definition) is 0. The number of ketones is 1. The van der Waals surface area contributed by atoms with Crippen molar-refractivity contribution in [1.82, 2.24) is 0 Å². The summed E-state index contributed by atoms with van der Waals surface area (Å²) >= 11 is 0.296. The SMILES string of the molecule is C=CCCC1CCCC(=O)C1[Se]c1ccccc1. The van der Waals surface area contributed by atoms with Gasteiger partial charge in [-0.15, -0.1) is 0 Å². The van der Waals surface area contributed by atoms with Crippen LogP contribution in [0.25, 0.3) is 0 Å². The normalized spacial score (nSPS) is 23.9. The first-order chi connectivity index (χ1) is 8.81. The molecule has 96 valence electrons. The Morgan fingerprint density at radius 2 is 2.11 bits per heavy atom. The van der Waals surface area contributed by atoms with E-state index in [-0.39, 0.29) is 0 Å². The molecule has 0 N–H and O–H groups in total. The first-order valence-electron chi connectivity index (χ1n) is 6.66. The number of carbonyl (C=O) groups is 1. The van der Waals surface area contributed by atoms with Gasteiger partial charge in [0.25, 0.3) is 0 Å². The van der Waals surface area contributed by atoms with E-state index in [4.69, 9.17) is 0 Å². The summed E-state index contributed by atoms with van der Waals surface area (Å²) in [6.45, 7) is 3.79. The van der Waals surface area contributed by atoms with Gasteiger partial charge in [0.15, 0.2) is 0 Å². The van der Waals surface area contributed by atoms with E-state index in [0.29, 0.717) is 31.5 Å². The topological polar surface area (TPSA) is 17.1 Å². The van der Waals surface area contributed by atoms with Gasteiger partial charge in [0.05, 0.1) is 0 Å². The molecule has 18 heavy (non-hydrogen) atoms. The standard InChI is InChI=1S/C16H20OSe/c1-2-3-8-13-9-7-12-15(17)16(13)18-14-10-5-4-6-11-14/h2,4-6,10-11,13,16H,1,3,7-9,12H2. The molecule has 1 aliphatic carbocycles. The van der Waals surface area contributed by atoms with Crippen molar-refractivity contribution in [3.63, 3.8) is 0 Å². The molecule has 2 atom stereocenters. The van der Waals surface area contributed by atoms with Crippen molar-refractivity contribution in [2.45, 2.75) is 36.9 Å². The third-order valence-electron chi connectivity index (χ3n) is 3.49. The molecule has 0 amide bonds. The van der Waals surface area contributed by atoms with Crippen LogP contribution in [0.15, 0.2) is 43.0 Å². The average Bonchev–Trinajstić information content (AvgIpc) is 2.41. The Kier molecular flexibility index (Phi) is 5.22. The fourth-order valence-electron chi connectivity index (χ4n) is 2.53. The van der Waals surface area contributed by atoms with Gasteiger partial charge in [0.1, 0.15) is 0 Å². The van der Waals surface area contributed by atoms with E-state index in [0.717, 1.165) is 25.7 Å². The van der Waals surface area contributed by atoms with Gasteiger partial charge in [-0.05, 0) is 0 Å². The third-order valence-corrected chi connectivity index (χ3v) is 6.53. The Bertz CT molecular complexity index is 399. The van der Waals surface area contributed by atoms with Crippen molar-refractivity contribution in [3.05, 3.63) is 43.0 Å². The van der Waals surface area contributed by atoms with Crippen LogP contribution in [0.3, 0.4) is 0 Å². The Morgan fingerprint density at radius 1 is 1.33 bits per heavy atom. The van der Waals surface area contributed by atoms with E-state index in [1.807, 2.05) is 12.1 Å². The number of rotatable bonds is 5. The van der Waals surface area contributed by atoms with Gasteiger partial charge in [-0.3, -0.25) is 0 Å². The molecule has 2 unspecified atom stereocenters. The zero-order valence-electron chi connectivity index (χ0n) is 10.7. The first-order valence-corrected chi connectivity index (χ1v) is 8.51. The zero-order valence-corrected chi connectivity index (χ0v) is 12.4. The van der Waals surface area contributed by atoms with E-state index < -0.39 is 0 Å². The van der Waals surface area contributed by atoms with Crippen LogP contribution in [0.1, 0.15) is 32.1 Å². The van der Waals surface area contributed by atoms with Crippen LogP contribution in [-0.4, -0.2) is 20.7 Å². The van der Waals surface area contributed by atoms with Crippen LogP contribution in [0.4, 0.5) is 0 Å². The molecule has 2 rings (SSSR count). The molecule has 2 heteroatoms. The monoisotopic (exact) mass is 308 g/mol. The fourth-order valence-corrected chi connectivity index (χ4v) is 5.30. The van der Waals surface area contributed by atoms with E-state index in [9.17, 15) is 4.79 Å². The van der Waals surface area contributed by atoms with Crippen LogP contribution in [0.5, 0.6) is 0 Å². The van der Waals surface area contributed by atoms with Gasteiger partial charge >= 0.3 is 116 Å². The molecule has 0 bridgehead atoms. The summed E-state index contributed by atoms with van der Waals surface area (Å²) in [5.41, 5.74) is 0. The van der Waals surface area contributed by atoms with Gasteiger partial charge in [-0.2, -0.15) is 0 Å². The van der Waals surface area contributed by atoms with Crippen molar-refractivity contribution >= 4 is 25.2 Å². The predicted octanol–water partition coefficient (Wildman–Crippen LogP) is 3.14. The van der Waals surface area contributed by atoms with Gasteiger partial charge < -0.3 is 0 Å². The number of hydrogen-bond acceptors (Lipinski definition) is 1. The van der Waals surface area contributed by atoms with E-state index in [1.54, 1.807) is 0 Å². The molecule has 1 fully saturated rings. The van der Waals surface area contributed by atoms with Crippen LogP contribution < -0.4 is 4.46 Å². The van der Waals surface area contributed by atoms with E-state index >= 15 is 0 Å². The summed E-state index contributed by atoms with van der Waals surface area (Å²) in [7, 11) is 0. The van der Waals surface area contributed by atoms with E-state index in [1.165, 1.54) is 10.9 Å². The molecular weight excluding hydrogens is 287 g/mol. The van der Waals surface area contributed by atoms with Gasteiger partial charge in [-0.1, -0.05) is 0 Å². The van der Waals surface area contributed by atoms with Crippen LogP contribution >= 0.6 is 0 Å². The molecule has 1 aliphatic rings. The summed E-state index contributed by atoms with van der Waals surface area (Å²) < 4.78 is 1.36. The second-order valence-electron chi connectivity index (χ2n) is 4.84. The summed E-state index contributed by atoms with van der Waals surface area (Å²) in [6.07, 6.45) is 7.25. The van der Waals surface area contributed by atoms with Crippen molar-refractivity contribution < 1.29 is 4.79 Å². The number of Topliss-reactive ketones (excluding diaryl/α,β-unsaturated/α-hetero) is 1. The first kappa shape index (κ1) is 13.6. The Balaban J connectivity index is 2.05. The molecule has 0 spiro atoms. The molecule has 0 aromatic heterocycles. The third kappa shape index (κ3) is 3.57. The van der Waals surface area contributed by atoms with Crippen molar-refractivity contribution in [2.75, 3.05) is 0 Å². The molecule has 1 aromatic rings. The average molecular weight is 307 g/mol. The summed E-state index contributed by atoms with van der Waals surface area (Å²) in [6, 6.07) is 10.5. The second-order valence-corrected chi connectivity index (χ2v) is 7.39. The Morgan fingerprint density at radius 3 is 2.83 bits per heavy atom. The molecule has 1 nitrogen and oxygen atoms in total. The summed E-state index contributed by atoms with van der Waals surface area (Å²) in [5, 5.41) is 0. The molecule has 1 aromatic carbocycles. The van der Waals surface area contributed by atoms with Gasteiger partial charge in [0, 0.05) is 0 Å². The number of benzene rings is 1. The molecule has 0 heterocycles. The van der Waals surface area contributed by atoms with Gasteiger partial charge in [-0.25, -0.2) is 0 Å².